The van der Waals surface area contributed by atoms with Crippen molar-refractivity contribution in [1.82, 2.24) is 20.1 Å². The zero-order valence-electron chi connectivity index (χ0n) is 18.0. The van der Waals surface area contributed by atoms with Crippen molar-refractivity contribution in [2.75, 3.05) is 13.7 Å². The number of methoxy groups -OCH3 is 1. The van der Waals surface area contributed by atoms with E-state index in [1.54, 1.807) is 35.3 Å². The van der Waals surface area contributed by atoms with Crippen LogP contribution in [0.3, 0.4) is 0 Å². The second-order valence-electron chi connectivity index (χ2n) is 7.38. The number of amides is 1. The van der Waals surface area contributed by atoms with Crippen LogP contribution < -0.4 is 10.1 Å². The molecule has 0 saturated carbocycles. The number of benzene rings is 2. The van der Waals surface area contributed by atoms with E-state index in [1.165, 1.54) is 31.4 Å². The standard InChI is InChI=1S/C25H22F2N4O2/c1-33-24-9-4-17(13-21(24)27)14-25(32)29-11-12-31-23(19-3-2-10-28-16-19)15-22(30-31)18-5-7-20(26)8-6-18/h2-10,13,15-16H,11-12,14H2,1H3,(H,29,32). The second-order valence-corrected chi connectivity index (χ2v) is 7.38. The maximum absolute atomic E-state index is 13.9. The van der Waals surface area contributed by atoms with E-state index in [0.29, 0.717) is 24.3 Å². The quantitative estimate of drug-likeness (QED) is 0.437. The molecular weight excluding hydrogens is 426 g/mol. The van der Waals surface area contributed by atoms with Crippen LogP contribution in [0.4, 0.5) is 8.78 Å². The molecule has 2 aromatic carbocycles. The smallest absolute Gasteiger partial charge is 0.224 e. The Kier molecular flexibility index (Phi) is 6.73. The van der Waals surface area contributed by atoms with Gasteiger partial charge < -0.3 is 10.1 Å². The van der Waals surface area contributed by atoms with E-state index < -0.39 is 5.82 Å². The third-order valence-electron chi connectivity index (χ3n) is 5.10. The van der Waals surface area contributed by atoms with Crippen molar-refractivity contribution >= 4 is 5.91 Å². The Morgan fingerprint density at radius 3 is 2.58 bits per heavy atom. The molecule has 4 rings (SSSR count). The van der Waals surface area contributed by atoms with Crippen LogP contribution in [0.1, 0.15) is 5.56 Å². The third-order valence-corrected chi connectivity index (χ3v) is 5.10. The molecule has 6 nitrogen and oxygen atoms in total. The predicted octanol–water partition coefficient (Wildman–Crippen LogP) is 4.26. The van der Waals surface area contributed by atoms with Crippen LogP contribution in [-0.2, 0) is 17.8 Å². The molecule has 2 aromatic heterocycles. The lowest BCUT2D eigenvalue weighted by atomic mass is 10.1. The van der Waals surface area contributed by atoms with E-state index in [1.807, 2.05) is 18.2 Å². The molecule has 0 aliphatic heterocycles. The first-order chi connectivity index (χ1) is 16.0. The van der Waals surface area contributed by atoms with Crippen molar-refractivity contribution in [1.29, 1.82) is 0 Å². The van der Waals surface area contributed by atoms with Gasteiger partial charge in [0.1, 0.15) is 5.82 Å². The average molecular weight is 448 g/mol. The molecule has 2 heterocycles. The molecule has 33 heavy (non-hydrogen) atoms. The third kappa shape index (κ3) is 5.41. The fraction of sp³-hybridized carbons (Fsp3) is 0.160. The summed E-state index contributed by atoms with van der Waals surface area (Å²) in [4.78, 5) is 16.5. The molecule has 0 bridgehead atoms. The topological polar surface area (TPSA) is 69.0 Å². The summed E-state index contributed by atoms with van der Waals surface area (Å²) in [5, 5.41) is 7.49. The number of rotatable bonds is 8. The number of carbonyl (C=O) groups is 1. The van der Waals surface area contributed by atoms with Crippen LogP contribution in [0.2, 0.25) is 0 Å². The lowest BCUT2D eigenvalue weighted by molar-refractivity contribution is -0.120. The SMILES string of the molecule is COc1ccc(CC(=O)NCCn2nc(-c3ccc(F)cc3)cc2-c2cccnc2)cc1F. The lowest BCUT2D eigenvalue weighted by Crippen LogP contribution is -2.29. The van der Waals surface area contributed by atoms with Crippen molar-refractivity contribution in [2.24, 2.45) is 0 Å². The van der Waals surface area contributed by atoms with Gasteiger partial charge in [-0.2, -0.15) is 5.10 Å². The van der Waals surface area contributed by atoms with Gasteiger partial charge in [0.25, 0.3) is 0 Å². The van der Waals surface area contributed by atoms with Crippen molar-refractivity contribution < 1.29 is 18.3 Å². The van der Waals surface area contributed by atoms with Crippen molar-refractivity contribution in [2.45, 2.75) is 13.0 Å². The van der Waals surface area contributed by atoms with E-state index in [2.05, 4.69) is 15.4 Å². The Balaban J connectivity index is 1.46. The van der Waals surface area contributed by atoms with Crippen LogP contribution in [0, 0.1) is 11.6 Å². The number of nitrogens with zero attached hydrogens (tertiary/aromatic N) is 3. The summed E-state index contributed by atoms with van der Waals surface area (Å²) in [6, 6.07) is 16.2. The number of carbonyl (C=O) groups excluding carboxylic acids is 1. The molecular formula is C25H22F2N4O2. The van der Waals surface area contributed by atoms with Crippen molar-refractivity contribution in [3.8, 4) is 28.3 Å². The van der Waals surface area contributed by atoms with Gasteiger partial charge in [0.15, 0.2) is 11.6 Å². The summed E-state index contributed by atoms with van der Waals surface area (Å²) >= 11 is 0. The van der Waals surface area contributed by atoms with Gasteiger partial charge in [0.2, 0.25) is 5.91 Å². The minimum absolute atomic E-state index is 0.0519. The molecule has 0 unspecified atom stereocenters. The highest BCUT2D eigenvalue weighted by molar-refractivity contribution is 5.78. The van der Waals surface area contributed by atoms with Gasteiger partial charge in [-0.05, 0) is 60.2 Å². The van der Waals surface area contributed by atoms with Gasteiger partial charge in [0.05, 0.1) is 31.5 Å². The van der Waals surface area contributed by atoms with E-state index in [9.17, 15) is 13.6 Å². The molecule has 1 N–H and O–H groups in total. The van der Waals surface area contributed by atoms with Crippen LogP contribution >= 0.6 is 0 Å². The monoisotopic (exact) mass is 448 g/mol. The van der Waals surface area contributed by atoms with Gasteiger partial charge >= 0.3 is 0 Å². The van der Waals surface area contributed by atoms with Crippen molar-refractivity contribution in [3.63, 3.8) is 0 Å². The first kappa shape index (κ1) is 22.1. The van der Waals surface area contributed by atoms with Crippen molar-refractivity contribution in [3.05, 3.63) is 90.3 Å². The summed E-state index contributed by atoms with van der Waals surface area (Å²) < 4.78 is 33.8. The maximum Gasteiger partial charge on any atom is 0.224 e. The van der Waals surface area contributed by atoms with Gasteiger partial charge in [-0.3, -0.25) is 14.5 Å². The Hall–Kier alpha value is -4.07. The summed E-state index contributed by atoms with van der Waals surface area (Å²) in [5.41, 5.74) is 3.73. The van der Waals surface area contributed by atoms with E-state index >= 15 is 0 Å². The Bertz CT molecular complexity index is 1240. The first-order valence-corrected chi connectivity index (χ1v) is 10.4. The summed E-state index contributed by atoms with van der Waals surface area (Å²) in [7, 11) is 1.39. The zero-order valence-corrected chi connectivity index (χ0v) is 18.0. The molecule has 0 saturated heterocycles. The number of pyridine rings is 1. The fourth-order valence-corrected chi connectivity index (χ4v) is 3.46. The molecule has 8 heteroatoms. The van der Waals surface area contributed by atoms with Crippen LogP contribution in [0.5, 0.6) is 5.75 Å². The highest BCUT2D eigenvalue weighted by atomic mass is 19.1. The van der Waals surface area contributed by atoms with Crippen LogP contribution in [0.15, 0.2) is 73.1 Å². The number of ether oxygens (including phenoxy) is 1. The highest BCUT2D eigenvalue weighted by Crippen LogP contribution is 2.26. The summed E-state index contributed by atoms with van der Waals surface area (Å²) in [6.07, 6.45) is 3.47. The normalized spacial score (nSPS) is 10.8. The molecule has 0 aliphatic carbocycles. The molecule has 0 fully saturated rings. The minimum atomic E-state index is -0.506. The Morgan fingerprint density at radius 1 is 1.06 bits per heavy atom. The molecule has 0 spiro atoms. The van der Waals surface area contributed by atoms with Crippen LogP contribution in [0.25, 0.3) is 22.5 Å². The summed E-state index contributed by atoms with van der Waals surface area (Å²) in [5.74, 6) is -0.912. The molecule has 1 amide bonds. The van der Waals surface area contributed by atoms with Gasteiger partial charge in [-0.1, -0.05) is 6.07 Å². The number of nitrogens with one attached hydrogen (secondary N) is 1. The molecule has 4 aromatic rings. The van der Waals surface area contributed by atoms with Crippen LogP contribution in [-0.4, -0.2) is 34.3 Å². The lowest BCUT2D eigenvalue weighted by Gasteiger charge is -2.09. The Labute approximate surface area is 189 Å². The van der Waals surface area contributed by atoms with Gasteiger partial charge in [-0.15, -0.1) is 0 Å². The van der Waals surface area contributed by atoms with E-state index in [0.717, 1.165) is 16.8 Å². The zero-order chi connectivity index (χ0) is 23.2. The molecule has 0 aliphatic rings. The largest absolute Gasteiger partial charge is 0.494 e. The number of aromatic nitrogens is 3. The Morgan fingerprint density at radius 2 is 1.88 bits per heavy atom. The fourth-order valence-electron chi connectivity index (χ4n) is 3.46. The molecule has 0 radical (unpaired) electrons. The number of halogens is 2. The number of hydrogen-bond donors (Lipinski definition) is 1. The highest BCUT2D eigenvalue weighted by Gasteiger charge is 2.13. The minimum Gasteiger partial charge on any atom is -0.494 e. The average Bonchev–Trinajstić information content (AvgIpc) is 3.24. The molecule has 168 valence electrons. The number of hydrogen-bond acceptors (Lipinski definition) is 4. The summed E-state index contributed by atoms with van der Waals surface area (Å²) in [6.45, 7) is 0.739. The van der Waals surface area contributed by atoms with E-state index in [4.69, 9.17) is 4.74 Å². The predicted molar refractivity (Wildman–Crippen MR) is 121 cm³/mol. The second kappa shape index (κ2) is 10.0. The van der Waals surface area contributed by atoms with Gasteiger partial charge in [0, 0.05) is 30.1 Å². The molecule has 0 atom stereocenters. The van der Waals surface area contributed by atoms with E-state index in [-0.39, 0.29) is 23.9 Å². The first-order valence-electron chi connectivity index (χ1n) is 10.4. The maximum atomic E-state index is 13.9. The van der Waals surface area contributed by atoms with Gasteiger partial charge in [-0.25, -0.2) is 8.78 Å².